The summed E-state index contributed by atoms with van der Waals surface area (Å²) >= 11 is 0. The molecule has 0 bridgehead atoms. The predicted molar refractivity (Wildman–Crippen MR) is 192 cm³/mol. The molecule has 10 heteroatoms. The van der Waals surface area contributed by atoms with E-state index in [0.717, 1.165) is 83.5 Å². The van der Waals surface area contributed by atoms with E-state index in [2.05, 4.69) is 18.7 Å². The molecule has 0 aromatic carbocycles. The molecule has 3 aliphatic heterocycles. The maximum Gasteiger partial charge on any atom is 0.226 e. The molecule has 0 radical (unpaired) electrons. The zero-order valence-electron chi connectivity index (χ0n) is 31.0. The van der Waals surface area contributed by atoms with Crippen LogP contribution in [0.5, 0.6) is 0 Å². The third kappa shape index (κ3) is 8.16. The van der Waals surface area contributed by atoms with E-state index >= 15 is 0 Å². The molecule has 6 atom stereocenters. The lowest BCUT2D eigenvalue weighted by molar-refractivity contribution is -0.146. The molecule has 9 nitrogen and oxygen atoms in total. The maximum atomic E-state index is 14.6. The zero-order chi connectivity index (χ0) is 35.8. The van der Waals surface area contributed by atoms with Gasteiger partial charge in [-0.3, -0.25) is 24.0 Å². The number of rotatable bonds is 9. The second kappa shape index (κ2) is 15.2. The number of hydrogen-bond donors (Lipinski definition) is 0. The first-order valence-electron chi connectivity index (χ1n) is 20.1. The fourth-order valence-corrected chi connectivity index (χ4v) is 13.0. The number of carbonyl (C=O) groups is 5. The summed E-state index contributed by atoms with van der Waals surface area (Å²) in [5.74, 6) is -1.55. The fraction of sp³-hybridized carbons (Fsp3) is 0.875. The minimum Gasteiger partial charge on any atom is -0.332 e. The van der Waals surface area contributed by atoms with Crippen molar-refractivity contribution < 1.29 is 32.4 Å². The summed E-state index contributed by atoms with van der Waals surface area (Å²) in [7, 11) is -1.38. The number of Topliss-reactive ketones (excluding diaryl/α,β-unsaturated/α-hetero) is 4. The van der Waals surface area contributed by atoms with Gasteiger partial charge < -0.3 is 9.80 Å². The first-order valence-corrected chi connectivity index (χ1v) is 21.8. The highest BCUT2D eigenvalue weighted by Gasteiger charge is 2.69. The molecule has 6 rings (SSSR count). The van der Waals surface area contributed by atoms with E-state index < -0.39 is 44.2 Å². The van der Waals surface area contributed by atoms with Crippen LogP contribution >= 0.6 is 0 Å². The molecule has 1 amide bonds. The van der Waals surface area contributed by atoms with Crippen LogP contribution in [-0.4, -0.2) is 91.0 Å². The molecule has 0 aromatic rings. The number of ketones is 4. The average molecular weight is 715 g/mol. The lowest BCUT2D eigenvalue weighted by Gasteiger charge is -2.46. The van der Waals surface area contributed by atoms with Gasteiger partial charge in [-0.15, -0.1) is 0 Å². The summed E-state index contributed by atoms with van der Waals surface area (Å²) < 4.78 is 26.9. The minimum absolute atomic E-state index is 0.000583. The van der Waals surface area contributed by atoms with E-state index in [9.17, 15) is 32.4 Å². The molecule has 0 spiro atoms. The number of hydrogen-bond acceptors (Lipinski definition) is 8. The summed E-state index contributed by atoms with van der Waals surface area (Å²) in [6, 6.07) is -0.633. The Morgan fingerprint density at radius 2 is 1.46 bits per heavy atom. The molecule has 6 fully saturated rings. The van der Waals surface area contributed by atoms with Crippen molar-refractivity contribution in [1.82, 2.24) is 9.80 Å². The largest absolute Gasteiger partial charge is 0.332 e. The first kappa shape index (κ1) is 37.8. The van der Waals surface area contributed by atoms with Crippen molar-refractivity contribution in [1.29, 1.82) is 0 Å². The van der Waals surface area contributed by atoms with E-state index in [1.54, 1.807) is 4.90 Å². The van der Waals surface area contributed by atoms with Crippen LogP contribution < -0.4 is 0 Å². The summed E-state index contributed by atoms with van der Waals surface area (Å²) in [5.41, 5.74) is -0.680. The third-order valence-corrected chi connectivity index (χ3v) is 16.3. The van der Waals surface area contributed by atoms with E-state index in [1.165, 1.54) is 0 Å². The quantitative estimate of drug-likeness (QED) is 0.276. The van der Waals surface area contributed by atoms with Crippen LogP contribution in [0.3, 0.4) is 0 Å². The van der Waals surface area contributed by atoms with Crippen LogP contribution in [0, 0.1) is 40.4 Å². The first-order chi connectivity index (χ1) is 23.7. The van der Waals surface area contributed by atoms with Crippen molar-refractivity contribution in [2.75, 3.05) is 32.4 Å². The summed E-state index contributed by atoms with van der Waals surface area (Å²) in [5, 5.41) is -0.566. The minimum atomic E-state index is -3.34. The Labute approximate surface area is 300 Å². The molecule has 3 heterocycles. The van der Waals surface area contributed by atoms with Gasteiger partial charge in [0.1, 0.15) is 5.78 Å². The van der Waals surface area contributed by atoms with Gasteiger partial charge in [0.15, 0.2) is 21.4 Å². The second-order valence-electron chi connectivity index (χ2n) is 18.0. The normalized spacial score (nSPS) is 34.9. The van der Waals surface area contributed by atoms with Gasteiger partial charge in [0, 0.05) is 57.2 Å². The van der Waals surface area contributed by atoms with Crippen LogP contribution in [-0.2, 0) is 33.8 Å². The molecule has 280 valence electrons. The van der Waals surface area contributed by atoms with Crippen LogP contribution in [0.15, 0.2) is 0 Å². The number of piperidine rings is 1. The maximum absolute atomic E-state index is 14.6. The van der Waals surface area contributed by atoms with E-state index in [1.807, 2.05) is 7.05 Å². The van der Waals surface area contributed by atoms with Gasteiger partial charge in [0.2, 0.25) is 11.7 Å². The van der Waals surface area contributed by atoms with Gasteiger partial charge in [-0.05, 0) is 74.2 Å². The lowest BCUT2D eigenvalue weighted by Crippen LogP contribution is -2.54. The third-order valence-electron chi connectivity index (χ3n) is 14.0. The highest BCUT2D eigenvalue weighted by Crippen LogP contribution is 2.65. The molecule has 0 N–H and O–H groups in total. The van der Waals surface area contributed by atoms with Crippen molar-refractivity contribution in [3.05, 3.63) is 0 Å². The van der Waals surface area contributed by atoms with Crippen molar-refractivity contribution in [3.63, 3.8) is 0 Å². The Hall–Kier alpha value is -1.94. The SMILES string of the molecule is CN1CCS(=O)(=O)[C@@H](C2(CC(=O)C[C@H]3CCCCCCCC[C@@H](C(=O)C(=O)CC4CC4)CC(=O)[C@@H]4[C@@H]5[C@H](CN4C3=O)C5(C)C)CCCCC2)C1. The van der Waals surface area contributed by atoms with Gasteiger partial charge in [0.25, 0.3) is 0 Å². The number of nitrogens with zero attached hydrogens (tertiary/aromatic N) is 2. The number of fused-ring (bicyclic) bond motifs is 3. The van der Waals surface area contributed by atoms with Crippen molar-refractivity contribution >= 4 is 38.9 Å². The van der Waals surface area contributed by atoms with Crippen LogP contribution in [0.25, 0.3) is 0 Å². The molecule has 0 aromatic heterocycles. The predicted octanol–water partition coefficient (Wildman–Crippen LogP) is 5.76. The monoisotopic (exact) mass is 714 g/mol. The molecule has 3 saturated heterocycles. The molecule has 3 aliphatic carbocycles. The molecule has 6 aliphatic rings. The number of carbonyl (C=O) groups excluding carboxylic acids is 5. The van der Waals surface area contributed by atoms with Crippen molar-refractivity contribution in [2.45, 2.75) is 147 Å². The average Bonchev–Trinajstić information content (AvgIpc) is 3.92. The molecular weight excluding hydrogens is 653 g/mol. The van der Waals surface area contributed by atoms with Gasteiger partial charge in [-0.2, -0.15) is 0 Å². The lowest BCUT2D eigenvalue weighted by atomic mass is 9.67. The Bertz CT molecular complexity index is 1430. The second-order valence-corrected chi connectivity index (χ2v) is 20.4. The van der Waals surface area contributed by atoms with Gasteiger partial charge in [0.05, 0.1) is 17.0 Å². The van der Waals surface area contributed by atoms with Gasteiger partial charge in [-0.1, -0.05) is 71.6 Å². The van der Waals surface area contributed by atoms with E-state index in [4.69, 9.17) is 0 Å². The van der Waals surface area contributed by atoms with Crippen LogP contribution in [0.4, 0.5) is 0 Å². The van der Waals surface area contributed by atoms with E-state index in [-0.39, 0.29) is 71.9 Å². The topological polar surface area (TPSA) is 126 Å². The Morgan fingerprint density at radius 1 is 0.820 bits per heavy atom. The van der Waals surface area contributed by atoms with Gasteiger partial charge >= 0.3 is 0 Å². The van der Waals surface area contributed by atoms with Crippen LogP contribution in [0.2, 0.25) is 0 Å². The Balaban J connectivity index is 1.22. The van der Waals surface area contributed by atoms with Gasteiger partial charge in [-0.25, -0.2) is 8.42 Å². The molecule has 3 saturated carbocycles. The Kier molecular flexibility index (Phi) is 11.5. The standard InChI is InChI=1S/C40H62N2O7S/c1-39(2)31-25-42-36(35(31)39)32(44)23-28(37(46)33(45)21-27-15-16-27)13-9-6-4-5-7-10-14-29(38(42)47)22-30(43)24-40(17-11-8-12-18-40)34-26-41(3)19-20-50(34,48)49/h27-29,31,34-36H,4-26H2,1-3H3/t28-,29-,31+,34-,35+,36-/m1/s1. The number of sulfone groups is 1. The van der Waals surface area contributed by atoms with Crippen LogP contribution in [0.1, 0.15) is 136 Å². The smallest absolute Gasteiger partial charge is 0.226 e. The highest BCUT2D eigenvalue weighted by molar-refractivity contribution is 7.92. The molecule has 0 unspecified atom stereocenters. The summed E-state index contributed by atoms with van der Waals surface area (Å²) in [6.45, 7) is 5.74. The zero-order valence-corrected chi connectivity index (χ0v) is 31.8. The van der Waals surface area contributed by atoms with E-state index in [0.29, 0.717) is 38.4 Å². The Morgan fingerprint density at radius 3 is 2.14 bits per heavy atom. The summed E-state index contributed by atoms with van der Waals surface area (Å²) in [4.78, 5) is 73.3. The fourth-order valence-electron chi connectivity index (χ4n) is 10.6. The van der Waals surface area contributed by atoms with Crippen molar-refractivity contribution in [3.8, 4) is 0 Å². The molecule has 50 heavy (non-hydrogen) atoms. The molecular formula is C40H62N2O7S. The van der Waals surface area contributed by atoms with Crippen molar-refractivity contribution in [2.24, 2.45) is 40.4 Å². The highest BCUT2D eigenvalue weighted by atomic mass is 32.2. The number of amides is 1. The summed E-state index contributed by atoms with van der Waals surface area (Å²) in [6.07, 6.45) is 13.4.